The van der Waals surface area contributed by atoms with Gasteiger partial charge in [0.25, 0.3) is 5.91 Å². The van der Waals surface area contributed by atoms with Crippen molar-refractivity contribution in [2.45, 2.75) is 84.7 Å². The van der Waals surface area contributed by atoms with E-state index >= 15 is 9.18 Å². The Morgan fingerprint density at radius 3 is 2.31 bits per heavy atom. The average molecular weight is 955 g/mol. The molecule has 1 saturated carbocycles. The molecular weight excluding hydrogens is 900 g/mol. The zero-order valence-electron chi connectivity index (χ0n) is 39.4. The van der Waals surface area contributed by atoms with Gasteiger partial charge in [0.1, 0.15) is 30.0 Å². The van der Waals surface area contributed by atoms with Crippen LogP contribution in [0, 0.1) is 25.6 Å². The van der Waals surface area contributed by atoms with E-state index in [-0.39, 0.29) is 74.7 Å². The molecular formula is C49H55FKN9O6P. The van der Waals surface area contributed by atoms with Gasteiger partial charge in [0.15, 0.2) is 5.82 Å². The topological polar surface area (TPSA) is 167 Å². The van der Waals surface area contributed by atoms with Gasteiger partial charge >= 0.3 is 11.4 Å². The summed E-state index contributed by atoms with van der Waals surface area (Å²) >= 11 is 0. The maximum absolute atomic E-state index is 15.5. The van der Waals surface area contributed by atoms with E-state index in [1.54, 1.807) is 50.1 Å². The van der Waals surface area contributed by atoms with Gasteiger partial charge in [-0.2, -0.15) is 5.10 Å². The number of rotatable bonds is 11. The number of anilines is 1. The minimum absolute atomic E-state index is 0. The van der Waals surface area contributed by atoms with Gasteiger partial charge in [-0.1, -0.05) is 32.0 Å². The second-order valence-corrected chi connectivity index (χ2v) is 21.8. The summed E-state index contributed by atoms with van der Waals surface area (Å²) in [6.45, 7) is 13.0. The van der Waals surface area contributed by atoms with E-state index in [0.29, 0.717) is 108 Å². The number of carbonyl (C=O) groups excluding carboxylic acids is 1. The summed E-state index contributed by atoms with van der Waals surface area (Å²) in [6.07, 6.45) is 7.25. The molecule has 1 saturated heterocycles. The van der Waals surface area contributed by atoms with Crippen LogP contribution in [0.25, 0.3) is 28.1 Å². The number of fused-ring (bicyclic) bond motifs is 2. The molecule has 3 aliphatic rings. The number of H-pyrrole nitrogens is 1. The summed E-state index contributed by atoms with van der Waals surface area (Å²) < 4.78 is 46.5. The quantitative estimate of drug-likeness (QED) is 0.0998. The molecule has 0 unspecified atom stereocenters. The van der Waals surface area contributed by atoms with Crippen LogP contribution in [0.3, 0.4) is 0 Å². The number of benzene rings is 3. The smallest absolute Gasteiger partial charge is 0.387 e. The number of nitrogens with one attached hydrogen (secondary N) is 2. The Bertz CT molecular complexity index is 3220. The van der Waals surface area contributed by atoms with Crippen LogP contribution in [0.1, 0.15) is 103 Å². The van der Waals surface area contributed by atoms with E-state index in [1.165, 1.54) is 14.7 Å². The standard InChI is InChI=1S/C49H55FN9O6P.K/c1-8-66(63,9-2)41-13-11-35(26-38(41)51-7)56-18-19-57(48(56)62)44-42-31(6)55(17-14-37(42)53-59(44)36-22-28(3)43(50)29(4)23-36)45(60)40-25-34-24-33(32-15-20-64-21-16-32)10-12-39(34)58(40)49(27-30(49)5)46-52-47(61)65-54-46;/h10-13,18-19,22-26,30-32,51H,8-9,14-17,20-21,27H2,1-7H3,(H,52,54,61);/t30-,31-,49-;/m0./s1. The second-order valence-electron chi connectivity index (χ2n) is 18.3. The molecule has 0 bridgehead atoms. The summed E-state index contributed by atoms with van der Waals surface area (Å²) in [5.74, 6) is -0.0535. The number of amides is 1. The van der Waals surface area contributed by atoms with Crippen molar-refractivity contribution in [3.8, 4) is 17.2 Å². The Morgan fingerprint density at radius 2 is 1.67 bits per heavy atom. The molecule has 0 spiro atoms. The van der Waals surface area contributed by atoms with Crippen molar-refractivity contribution in [3.63, 3.8) is 0 Å². The van der Waals surface area contributed by atoms with Gasteiger partial charge in [-0.25, -0.2) is 18.7 Å². The van der Waals surface area contributed by atoms with Crippen molar-refractivity contribution in [2.24, 2.45) is 5.92 Å². The third kappa shape index (κ3) is 7.73. The van der Waals surface area contributed by atoms with Gasteiger partial charge < -0.3 is 24.1 Å². The first-order valence-electron chi connectivity index (χ1n) is 22.9. The van der Waals surface area contributed by atoms with Crippen molar-refractivity contribution in [3.05, 3.63) is 133 Å². The maximum atomic E-state index is 15.5. The maximum Gasteiger partial charge on any atom is 0.438 e. The zero-order chi connectivity index (χ0) is 46.4. The Morgan fingerprint density at radius 1 is 0.970 bits per heavy atom. The third-order valence-electron chi connectivity index (χ3n) is 14.6. The molecule has 6 heterocycles. The molecule has 2 aliphatic heterocycles. The van der Waals surface area contributed by atoms with Crippen LogP contribution in [0.15, 0.2) is 81.1 Å². The van der Waals surface area contributed by atoms with Gasteiger partial charge in [-0.3, -0.25) is 23.4 Å². The van der Waals surface area contributed by atoms with Crippen LogP contribution < -0.4 is 22.1 Å². The van der Waals surface area contributed by atoms with E-state index in [0.717, 1.165) is 29.0 Å². The molecule has 345 valence electrons. The SMILES string of the molecule is CCP(=O)(CC)c1ccc(-n2ccn(-c3c4c(nn3-c3cc(C)c(F)c(C)c3)CCN(C(=O)c3cc5cc(C6CCOCC6)ccc5n3[C@@]3(c5noc(=O)[nH]5)C[C@@H]3C)[C@H]4C)c2=O)cc1NC.[K]. The largest absolute Gasteiger partial charge is 0.438 e. The number of hydrogen-bond acceptors (Lipinski definition) is 9. The summed E-state index contributed by atoms with van der Waals surface area (Å²) in [7, 11) is -0.871. The average Bonchev–Trinajstić information content (AvgIpc) is 3.82. The molecule has 18 heteroatoms. The number of carbonyl (C=O) groups is 1. The van der Waals surface area contributed by atoms with Crippen molar-refractivity contribution in [1.82, 2.24) is 38.5 Å². The third-order valence-corrected chi connectivity index (χ3v) is 17.9. The van der Waals surface area contributed by atoms with Gasteiger partial charge in [0, 0.05) is 137 Å². The van der Waals surface area contributed by atoms with Gasteiger partial charge in [0.2, 0.25) is 0 Å². The fourth-order valence-electron chi connectivity index (χ4n) is 10.7. The number of halogens is 1. The Balaban J connectivity index is 0.00000562. The van der Waals surface area contributed by atoms with Crippen molar-refractivity contribution in [1.29, 1.82) is 0 Å². The zero-order valence-corrected chi connectivity index (χ0v) is 43.4. The molecule has 3 aromatic carbocycles. The van der Waals surface area contributed by atoms with Gasteiger partial charge in [0.05, 0.1) is 23.1 Å². The van der Waals surface area contributed by atoms with Crippen LogP contribution in [-0.2, 0) is 21.3 Å². The first-order chi connectivity index (χ1) is 31.7. The molecule has 15 nitrogen and oxygen atoms in total. The number of ether oxygens (including phenoxy) is 1. The summed E-state index contributed by atoms with van der Waals surface area (Å²) in [5.41, 5.74) is 5.36. The first kappa shape index (κ1) is 47.5. The Kier molecular flexibility index (Phi) is 12.8. The fourth-order valence-corrected chi connectivity index (χ4v) is 12.8. The fraction of sp³-hybridized carbons (Fsp3) is 0.408. The number of aromatic amines is 1. The van der Waals surface area contributed by atoms with Crippen molar-refractivity contribution < 1.29 is 23.0 Å². The van der Waals surface area contributed by atoms with Crippen LogP contribution in [0.5, 0.6) is 0 Å². The summed E-state index contributed by atoms with van der Waals surface area (Å²) in [6, 6.07) is 16.7. The number of aromatic nitrogens is 7. The molecule has 3 atom stereocenters. The van der Waals surface area contributed by atoms with Crippen molar-refractivity contribution >= 4 is 86.3 Å². The van der Waals surface area contributed by atoms with E-state index in [2.05, 4.69) is 40.6 Å². The molecule has 67 heavy (non-hydrogen) atoms. The minimum atomic E-state index is -2.65. The van der Waals surface area contributed by atoms with Crippen LogP contribution in [0.4, 0.5) is 10.1 Å². The van der Waals surface area contributed by atoms with Crippen LogP contribution >= 0.6 is 7.14 Å². The van der Waals surface area contributed by atoms with Crippen LogP contribution in [-0.4, -0.2) is 135 Å². The number of imidazole rings is 1. The summed E-state index contributed by atoms with van der Waals surface area (Å²) in [4.78, 5) is 47.4. The summed E-state index contributed by atoms with van der Waals surface area (Å²) in [5, 5.41) is 14.2. The number of nitrogens with zero attached hydrogens (tertiary/aromatic N) is 7. The van der Waals surface area contributed by atoms with E-state index in [4.69, 9.17) is 14.4 Å². The number of aryl methyl sites for hydroxylation is 2. The van der Waals surface area contributed by atoms with E-state index in [1.807, 2.05) is 54.5 Å². The van der Waals surface area contributed by atoms with Gasteiger partial charge in [-0.05, 0) is 117 Å². The molecule has 2 fully saturated rings. The molecule has 4 aromatic heterocycles. The first-order valence-corrected chi connectivity index (χ1v) is 25.0. The predicted molar refractivity (Wildman–Crippen MR) is 257 cm³/mol. The molecule has 1 radical (unpaired) electrons. The van der Waals surface area contributed by atoms with E-state index in [9.17, 15) is 14.2 Å². The monoisotopic (exact) mass is 954 g/mol. The Labute approximate surface area is 429 Å². The minimum Gasteiger partial charge on any atom is -0.387 e. The Hall–Kier alpha value is -4.61. The van der Waals surface area contributed by atoms with Crippen LogP contribution in [0.2, 0.25) is 0 Å². The molecule has 7 aromatic rings. The number of hydrogen-bond donors (Lipinski definition) is 2. The second kappa shape index (κ2) is 18.0. The predicted octanol–water partition coefficient (Wildman–Crippen LogP) is 7.33. The van der Waals surface area contributed by atoms with Crippen molar-refractivity contribution in [2.75, 3.05) is 44.4 Å². The van der Waals surface area contributed by atoms with Gasteiger partial charge in [-0.15, -0.1) is 0 Å². The molecule has 1 amide bonds. The molecule has 10 rings (SSSR count). The molecule has 1 aliphatic carbocycles. The van der Waals surface area contributed by atoms with E-state index < -0.39 is 24.5 Å². The molecule has 2 N–H and O–H groups in total. The normalized spacial score (nSPS) is 19.7.